The molecule has 160 valence electrons. The Hall–Kier alpha value is -3.31. The Balaban J connectivity index is 1.28. The zero-order valence-electron chi connectivity index (χ0n) is 16.6. The van der Waals surface area contributed by atoms with E-state index in [1.807, 2.05) is 24.3 Å². The highest BCUT2D eigenvalue weighted by Crippen LogP contribution is 2.34. The third kappa shape index (κ3) is 3.77. The molecule has 0 amide bonds. The second-order valence-corrected chi connectivity index (χ2v) is 7.97. The van der Waals surface area contributed by atoms with Crippen molar-refractivity contribution < 1.29 is 9.26 Å². The minimum atomic E-state index is -0.371. The number of hydrogen-bond acceptors (Lipinski definition) is 9. The summed E-state index contributed by atoms with van der Waals surface area (Å²) in [5, 5.41) is 12.4. The van der Waals surface area contributed by atoms with Crippen molar-refractivity contribution in [3.63, 3.8) is 0 Å². The number of halogens is 1. The average molecular weight is 443 g/mol. The van der Waals surface area contributed by atoms with E-state index in [9.17, 15) is 4.79 Å². The predicted octanol–water partition coefficient (Wildman–Crippen LogP) is 1.51. The molecule has 2 atom stereocenters. The monoisotopic (exact) mass is 442 g/mol. The number of nitrogen functional groups attached to an aromatic ring is 1. The van der Waals surface area contributed by atoms with Crippen molar-refractivity contribution in [1.29, 1.82) is 0 Å². The fraction of sp³-hybridized carbons (Fsp3) is 0.368. The first kappa shape index (κ1) is 19.6. The Labute approximate surface area is 180 Å². The second kappa shape index (κ2) is 7.75. The minimum Gasteiger partial charge on any atom is -0.373 e. The number of aromatic nitrogens is 7. The van der Waals surface area contributed by atoms with Crippen LogP contribution in [0.15, 0.2) is 33.6 Å². The van der Waals surface area contributed by atoms with Crippen LogP contribution in [-0.4, -0.2) is 41.3 Å². The molecule has 1 aliphatic rings. The molecule has 31 heavy (non-hydrogen) atoms. The highest BCUT2D eigenvalue weighted by molar-refractivity contribution is 6.30. The van der Waals surface area contributed by atoms with Crippen molar-refractivity contribution in [2.24, 2.45) is 13.0 Å². The van der Waals surface area contributed by atoms with Gasteiger partial charge in [-0.2, -0.15) is 9.97 Å². The molecule has 0 spiro atoms. The lowest BCUT2D eigenvalue weighted by Gasteiger charge is -2.09. The van der Waals surface area contributed by atoms with Gasteiger partial charge in [0.25, 0.3) is 5.56 Å². The summed E-state index contributed by atoms with van der Waals surface area (Å²) in [6, 6.07) is 7.68. The van der Waals surface area contributed by atoms with Gasteiger partial charge < -0.3 is 15.0 Å². The Morgan fingerprint density at radius 1 is 1.26 bits per heavy atom. The average Bonchev–Trinajstić information content (AvgIpc) is 3.47. The number of anilines is 1. The van der Waals surface area contributed by atoms with Gasteiger partial charge in [-0.15, -0.1) is 5.10 Å². The summed E-state index contributed by atoms with van der Waals surface area (Å²) in [7, 11) is 1.62. The maximum Gasteiger partial charge on any atom is 0.283 e. The standard InChI is InChI=1S/C19H19ClN8O3/c1-27-16-17(24-26-27)23-19(21)28(18(16)29)8-15-22-14(25-31-15)7-10-6-13(30-9-10)11-2-4-12(20)5-3-11/h2-5,10,13H,6-9H2,1H3,(H2,21,23)/t10?,13-/m1/s1. The van der Waals surface area contributed by atoms with E-state index in [-0.39, 0.29) is 47.1 Å². The predicted molar refractivity (Wildman–Crippen MR) is 110 cm³/mol. The van der Waals surface area contributed by atoms with Crippen LogP contribution in [0.5, 0.6) is 0 Å². The fourth-order valence-corrected chi connectivity index (χ4v) is 3.91. The van der Waals surface area contributed by atoms with Gasteiger partial charge in [-0.3, -0.25) is 9.36 Å². The number of fused-ring (bicyclic) bond motifs is 1. The van der Waals surface area contributed by atoms with Crippen LogP contribution in [0.25, 0.3) is 11.2 Å². The summed E-state index contributed by atoms with van der Waals surface area (Å²) in [6.45, 7) is 0.623. The summed E-state index contributed by atoms with van der Waals surface area (Å²) < 4.78 is 13.9. The van der Waals surface area contributed by atoms with E-state index in [2.05, 4.69) is 25.4 Å². The van der Waals surface area contributed by atoms with Crippen molar-refractivity contribution in [3.8, 4) is 0 Å². The van der Waals surface area contributed by atoms with Crippen molar-refractivity contribution >= 4 is 28.7 Å². The van der Waals surface area contributed by atoms with Gasteiger partial charge in [0.05, 0.1) is 12.7 Å². The maximum atomic E-state index is 12.7. The molecule has 5 rings (SSSR count). The molecule has 1 aliphatic heterocycles. The van der Waals surface area contributed by atoms with Crippen molar-refractivity contribution in [2.45, 2.75) is 25.5 Å². The first-order chi connectivity index (χ1) is 15.0. The van der Waals surface area contributed by atoms with Crippen LogP contribution in [0, 0.1) is 5.92 Å². The van der Waals surface area contributed by atoms with Gasteiger partial charge in [-0.25, -0.2) is 4.68 Å². The van der Waals surface area contributed by atoms with Crippen LogP contribution in [0.2, 0.25) is 5.02 Å². The van der Waals surface area contributed by atoms with E-state index in [1.54, 1.807) is 7.05 Å². The molecule has 4 heterocycles. The number of nitrogens with two attached hydrogens (primary N) is 1. The van der Waals surface area contributed by atoms with Gasteiger partial charge in [0.1, 0.15) is 6.54 Å². The SMILES string of the molecule is Cn1nnc2nc(N)n(Cc3nc(CC4CO[C@@H](c5ccc(Cl)cc5)C4)no3)c(=O)c21. The summed E-state index contributed by atoms with van der Waals surface area (Å²) in [4.78, 5) is 21.3. The molecule has 12 heteroatoms. The van der Waals surface area contributed by atoms with Crippen LogP contribution < -0.4 is 11.3 Å². The topological polar surface area (TPSA) is 140 Å². The van der Waals surface area contributed by atoms with Gasteiger partial charge >= 0.3 is 0 Å². The number of hydrogen-bond donors (Lipinski definition) is 1. The van der Waals surface area contributed by atoms with Gasteiger partial charge in [-0.05, 0) is 30.0 Å². The Morgan fingerprint density at radius 3 is 2.87 bits per heavy atom. The zero-order chi connectivity index (χ0) is 21.5. The maximum absolute atomic E-state index is 12.7. The molecule has 1 unspecified atom stereocenters. The smallest absolute Gasteiger partial charge is 0.283 e. The highest BCUT2D eigenvalue weighted by atomic mass is 35.5. The molecular weight excluding hydrogens is 424 g/mol. The first-order valence-electron chi connectivity index (χ1n) is 9.72. The van der Waals surface area contributed by atoms with Crippen LogP contribution in [0.1, 0.15) is 29.8 Å². The lowest BCUT2D eigenvalue weighted by molar-refractivity contribution is 0.107. The molecule has 0 aliphatic carbocycles. The van der Waals surface area contributed by atoms with E-state index < -0.39 is 0 Å². The molecule has 0 saturated carbocycles. The van der Waals surface area contributed by atoms with Crippen molar-refractivity contribution in [3.05, 3.63) is 56.9 Å². The number of nitrogens with zero attached hydrogens (tertiary/aromatic N) is 7. The van der Waals surface area contributed by atoms with Crippen LogP contribution in [-0.2, 0) is 24.8 Å². The van der Waals surface area contributed by atoms with Crippen LogP contribution in [0.4, 0.5) is 5.95 Å². The molecule has 11 nitrogen and oxygen atoms in total. The zero-order valence-corrected chi connectivity index (χ0v) is 17.4. The molecule has 4 aromatic rings. The molecule has 2 N–H and O–H groups in total. The molecular formula is C19H19ClN8O3. The molecule has 1 saturated heterocycles. The third-order valence-electron chi connectivity index (χ3n) is 5.35. The van der Waals surface area contributed by atoms with Gasteiger partial charge in [0.15, 0.2) is 11.3 Å². The summed E-state index contributed by atoms with van der Waals surface area (Å²) >= 11 is 5.96. The quantitative estimate of drug-likeness (QED) is 0.486. The molecule has 0 radical (unpaired) electrons. The van der Waals surface area contributed by atoms with Crippen molar-refractivity contribution in [1.82, 2.24) is 34.7 Å². The fourth-order valence-electron chi connectivity index (χ4n) is 3.78. The lowest BCUT2D eigenvalue weighted by atomic mass is 9.98. The van der Waals surface area contributed by atoms with Crippen LogP contribution >= 0.6 is 11.6 Å². The normalized spacial score (nSPS) is 18.8. The first-order valence-corrected chi connectivity index (χ1v) is 10.1. The lowest BCUT2D eigenvalue weighted by Crippen LogP contribution is -2.26. The van der Waals surface area contributed by atoms with Gasteiger partial charge in [0.2, 0.25) is 17.5 Å². The Kier molecular flexibility index (Phi) is 4.91. The summed E-state index contributed by atoms with van der Waals surface area (Å²) in [5.74, 6) is 1.10. The summed E-state index contributed by atoms with van der Waals surface area (Å²) in [6.07, 6.45) is 1.49. The van der Waals surface area contributed by atoms with E-state index in [0.29, 0.717) is 23.9 Å². The molecule has 3 aromatic heterocycles. The van der Waals surface area contributed by atoms with E-state index in [1.165, 1.54) is 9.25 Å². The molecule has 0 bridgehead atoms. The second-order valence-electron chi connectivity index (χ2n) is 7.53. The number of benzene rings is 1. The number of ether oxygens (including phenoxy) is 1. The van der Waals surface area contributed by atoms with E-state index in [0.717, 1.165) is 12.0 Å². The largest absolute Gasteiger partial charge is 0.373 e. The number of aryl methyl sites for hydroxylation is 1. The summed E-state index contributed by atoms with van der Waals surface area (Å²) in [5.41, 5.74) is 7.11. The van der Waals surface area contributed by atoms with Gasteiger partial charge in [-0.1, -0.05) is 34.1 Å². The number of rotatable bonds is 5. The highest BCUT2D eigenvalue weighted by Gasteiger charge is 2.28. The van der Waals surface area contributed by atoms with E-state index >= 15 is 0 Å². The Morgan fingerprint density at radius 2 is 2.06 bits per heavy atom. The molecule has 1 fully saturated rings. The van der Waals surface area contributed by atoms with Crippen molar-refractivity contribution in [2.75, 3.05) is 12.3 Å². The van der Waals surface area contributed by atoms with Gasteiger partial charge in [0, 0.05) is 18.5 Å². The Bertz CT molecular complexity index is 1300. The third-order valence-corrected chi connectivity index (χ3v) is 5.60. The minimum absolute atomic E-state index is 0.00718. The van der Waals surface area contributed by atoms with Crippen LogP contribution in [0.3, 0.4) is 0 Å². The van der Waals surface area contributed by atoms with E-state index in [4.69, 9.17) is 26.6 Å². The molecule has 1 aromatic carbocycles.